The minimum Gasteiger partial charge on any atom is -0.353 e. The molecular formula is C18H24ClN3O3. The van der Waals surface area contributed by atoms with Gasteiger partial charge in [-0.2, -0.15) is 0 Å². The summed E-state index contributed by atoms with van der Waals surface area (Å²) in [5, 5.41) is 5.68. The second-order valence-electron chi connectivity index (χ2n) is 6.19. The quantitative estimate of drug-likeness (QED) is 0.760. The van der Waals surface area contributed by atoms with E-state index in [1.807, 2.05) is 0 Å². The van der Waals surface area contributed by atoms with Gasteiger partial charge in [0.2, 0.25) is 11.8 Å². The van der Waals surface area contributed by atoms with E-state index in [-0.39, 0.29) is 23.8 Å². The van der Waals surface area contributed by atoms with Crippen LogP contribution in [-0.2, 0) is 9.59 Å². The molecule has 0 spiro atoms. The number of halogens is 1. The zero-order chi connectivity index (χ0) is 18.2. The monoisotopic (exact) mass is 365 g/mol. The van der Waals surface area contributed by atoms with Gasteiger partial charge in [0.1, 0.15) is 0 Å². The van der Waals surface area contributed by atoms with Crippen molar-refractivity contribution < 1.29 is 14.4 Å². The summed E-state index contributed by atoms with van der Waals surface area (Å²) in [4.78, 5) is 37.3. The highest BCUT2D eigenvalue weighted by molar-refractivity contribution is 6.17. The molecule has 3 amide bonds. The number of carbonyl (C=O) groups is 3. The molecule has 1 aliphatic rings. The van der Waals surface area contributed by atoms with Crippen molar-refractivity contribution in [1.29, 1.82) is 0 Å². The Kier molecular flexibility index (Phi) is 7.25. The molecule has 0 aliphatic carbocycles. The van der Waals surface area contributed by atoms with Crippen molar-refractivity contribution in [3.63, 3.8) is 0 Å². The molecule has 1 aromatic rings. The number of piperidine rings is 1. The maximum atomic E-state index is 12.6. The van der Waals surface area contributed by atoms with Crippen LogP contribution in [0.1, 0.15) is 43.0 Å². The average molecular weight is 366 g/mol. The molecule has 0 radical (unpaired) electrons. The van der Waals surface area contributed by atoms with Crippen LogP contribution in [0.5, 0.6) is 0 Å². The largest absolute Gasteiger partial charge is 0.353 e. The van der Waals surface area contributed by atoms with Gasteiger partial charge in [0.05, 0.1) is 0 Å². The summed E-state index contributed by atoms with van der Waals surface area (Å²) >= 11 is 5.59. The molecule has 2 N–H and O–H groups in total. The highest BCUT2D eigenvalue weighted by atomic mass is 35.5. The fourth-order valence-corrected chi connectivity index (χ4v) is 3.00. The van der Waals surface area contributed by atoms with Gasteiger partial charge >= 0.3 is 0 Å². The summed E-state index contributed by atoms with van der Waals surface area (Å²) in [6, 6.07) is 7.04. The molecule has 2 rings (SSSR count). The van der Waals surface area contributed by atoms with Crippen LogP contribution in [0.25, 0.3) is 0 Å². The first kappa shape index (κ1) is 19.2. The summed E-state index contributed by atoms with van der Waals surface area (Å²) < 4.78 is 0. The van der Waals surface area contributed by atoms with Crippen LogP contribution in [0.15, 0.2) is 24.3 Å². The average Bonchev–Trinajstić information content (AvgIpc) is 2.59. The van der Waals surface area contributed by atoms with E-state index in [2.05, 4.69) is 10.6 Å². The summed E-state index contributed by atoms with van der Waals surface area (Å²) in [6.07, 6.45) is 2.60. The molecule has 0 atom stereocenters. The first-order chi connectivity index (χ1) is 12.0. The lowest BCUT2D eigenvalue weighted by molar-refractivity contribution is -0.122. The zero-order valence-corrected chi connectivity index (χ0v) is 15.1. The van der Waals surface area contributed by atoms with Gasteiger partial charge in [-0.1, -0.05) is 6.07 Å². The van der Waals surface area contributed by atoms with Crippen LogP contribution in [0, 0.1) is 0 Å². The van der Waals surface area contributed by atoms with E-state index in [0.717, 1.165) is 12.8 Å². The van der Waals surface area contributed by atoms with Crippen molar-refractivity contribution in [3.05, 3.63) is 29.8 Å². The number of anilines is 1. The third-order valence-electron chi connectivity index (χ3n) is 4.11. The molecular weight excluding hydrogens is 342 g/mol. The van der Waals surface area contributed by atoms with E-state index < -0.39 is 0 Å². The second kappa shape index (κ2) is 9.42. The topological polar surface area (TPSA) is 78.5 Å². The lowest BCUT2D eigenvalue weighted by Crippen LogP contribution is -2.46. The van der Waals surface area contributed by atoms with Crippen LogP contribution in [0.2, 0.25) is 0 Å². The molecule has 1 aromatic carbocycles. The molecule has 25 heavy (non-hydrogen) atoms. The lowest BCUT2D eigenvalue weighted by Gasteiger charge is -2.32. The van der Waals surface area contributed by atoms with Crippen molar-refractivity contribution in [2.75, 3.05) is 24.3 Å². The van der Waals surface area contributed by atoms with Gasteiger partial charge in [-0.25, -0.2) is 0 Å². The molecule has 1 fully saturated rings. The number of benzene rings is 1. The minimum atomic E-state index is -0.171. The smallest absolute Gasteiger partial charge is 0.253 e. The van der Waals surface area contributed by atoms with E-state index in [1.54, 1.807) is 29.2 Å². The molecule has 1 saturated heterocycles. The molecule has 0 bridgehead atoms. The molecule has 1 aliphatic heterocycles. The summed E-state index contributed by atoms with van der Waals surface area (Å²) in [5.74, 6) is 0.278. The summed E-state index contributed by atoms with van der Waals surface area (Å²) in [5.41, 5.74) is 1.16. The maximum Gasteiger partial charge on any atom is 0.253 e. The number of carbonyl (C=O) groups excluding carboxylic acids is 3. The Labute approximate surface area is 152 Å². The second-order valence-corrected chi connectivity index (χ2v) is 6.57. The van der Waals surface area contributed by atoms with Crippen molar-refractivity contribution >= 4 is 35.0 Å². The fraction of sp³-hybridized carbons (Fsp3) is 0.500. The van der Waals surface area contributed by atoms with Crippen molar-refractivity contribution in [3.8, 4) is 0 Å². The molecule has 7 heteroatoms. The van der Waals surface area contributed by atoms with Crippen LogP contribution in [-0.4, -0.2) is 47.6 Å². The molecule has 136 valence electrons. The SMILES string of the molecule is CC(=O)Nc1cccc(C(=O)N2CCC(NC(=O)CCCCl)CC2)c1. The number of likely N-dealkylation sites (tertiary alicyclic amines) is 1. The molecule has 1 heterocycles. The van der Waals surface area contributed by atoms with E-state index in [1.165, 1.54) is 6.92 Å². The van der Waals surface area contributed by atoms with Gasteiger partial charge in [0.25, 0.3) is 5.91 Å². The number of amides is 3. The van der Waals surface area contributed by atoms with Crippen LogP contribution in [0.3, 0.4) is 0 Å². The van der Waals surface area contributed by atoms with Gasteiger partial charge in [-0.3, -0.25) is 14.4 Å². The lowest BCUT2D eigenvalue weighted by atomic mass is 10.0. The van der Waals surface area contributed by atoms with Crippen LogP contribution < -0.4 is 10.6 Å². The van der Waals surface area contributed by atoms with Gasteiger partial charge in [-0.05, 0) is 37.5 Å². The Balaban J connectivity index is 1.87. The number of rotatable bonds is 6. The Hall–Kier alpha value is -2.08. The van der Waals surface area contributed by atoms with E-state index >= 15 is 0 Å². The standard InChI is InChI=1S/C18H24ClN3O3/c1-13(23)20-16-5-2-4-14(12-16)18(25)22-10-7-15(8-11-22)21-17(24)6-3-9-19/h2,4-5,12,15H,3,6-11H2,1H3,(H,20,23)(H,21,24). The Morgan fingerprint density at radius 1 is 1.24 bits per heavy atom. The fourth-order valence-electron chi connectivity index (χ4n) is 2.87. The van der Waals surface area contributed by atoms with Gasteiger partial charge in [0.15, 0.2) is 0 Å². The van der Waals surface area contributed by atoms with Crippen molar-refractivity contribution in [1.82, 2.24) is 10.2 Å². The number of alkyl halides is 1. The Bertz CT molecular complexity index is 628. The third-order valence-corrected chi connectivity index (χ3v) is 4.38. The number of hydrogen-bond acceptors (Lipinski definition) is 3. The zero-order valence-electron chi connectivity index (χ0n) is 14.4. The van der Waals surface area contributed by atoms with Gasteiger partial charge < -0.3 is 15.5 Å². The predicted octanol–water partition coefficient (Wildman–Crippen LogP) is 2.38. The van der Waals surface area contributed by atoms with E-state index in [9.17, 15) is 14.4 Å². The first-order valence-electron chi connectivity index (χ1n) is 8.52. The van der Waals surface area contributed by atoms with Gasteiger partial charge in [0, 0.05) is 49.6 Å². The maximum absolute atomic E-state index is 12.6. The van der Waals surface area contributed by atoms with E-state index in [0.29, 0.717) is 43.1 Å². The Morgan fingerprint density at radius 3 is 2.60 bits per heavy atom. The molecule has 6 nitrogen and oxygen atoms in total. The van der Waals surface area contributed by atoms with Crippen LogP contribution in [0.4, 0.5) is 5.69 Å². The number of nitrogens with zero attached hydrogens (tertiary/aromatic N) is 1. The van der Waals surface area contributed by atoms with E-state index in [4.69, 9.17) is 11.6 Å². The van der Waals surface area contributed by atoms with Gasteiger partial charge in [-0.15, -0.1) is 11.6 Å². The summed E-state index contributed by atoms with van der Waals surface area (Å²) in [7, 11) is 0. The highest BCUT2D eigenvalue weighted by Crippen LogP contribution is 2.17. The highest BCUT2D eigenvalue weighted by Gasteiger charge is 2.24. The van der Waals surface area contributed by atoms with Crippen molar-refractivity contribution in [2.45, 2.75) is 38.6 Å². The predicted molar refractivity (Wildman–Crippen MR) is 97.8 cm³/mol. The third kappa shape index (κ3) is 6.05. The number of hydrogen-bond donors (Lipinski definition) is 2. The summed E-state index contributed by atoms with van der Waals surface area (Å²) in [6.45, 7) is 2.63. The normalized spacial score (nSPS) is 14.9. The Morgan fingerprint density at radius 2 is 1.96 bits per heavy atom. The van der Waals surface area contributed by atoms with Crippen LogP contribution >= 0.6 is 11.6 Å². The molecule has 0 aromatic heterocycles. The molecule has 0 saturated carbocycles. The number of nitrogens with one attached hydrogen (secondary N) is 2. The first-order valence-corrected chi connectivity index (χ1v) is 9.05. The van der Waals surface area contributed by atoms with Crippen molar-refractivity contribution in [2.24, 2.45) is 0 Å². The minimum absolute atomic E-state index is 0.0217. The molecule has 0 unspecified atom stereocenters.